The fourth-order valence-corrected chi connectivity index (χ4v) is 3.25. The van der Waals surface area contributed by atoms with Crippen LogP contribution in [0.3, 0.4) is 0 Å². The summed E-state index contributed by atoms with van der Waals surface area (Å²) >= 11 is 0. The van der Waals surface area contributed by atoms with Crippen molar-refractivity contribution in [2.45, 2.75) is 86.6 Å². The minimum absolute atomic E-state index is 0.0728. The highest BCUT2D eigenvalue weighted by atomic mass is 16.7. The minimum Gasteiger partial charge on any atom is -0.392 e. The van der Waals surface area contributed by atoms with Crippen LogP contribution in [0.15, 0.2) is 30.3 Å². The minimum atomic E-state index is -0.889. The van der Waals surface area contributed by atoms with Crippen LogP contribution in [0.25, 0.3) is 0 Å². The van der Waals surface area contributed by atoms with E-state index in [1.165, 1.54) is 0 Å². The summed E-state index contributed by atoms with van der Waals surface area (Å²) in [4.78, 5) is 13.2. The summed E-state index contributed by atoms with van der Waals surface area (Å²) in [6.07, 6.45) is -1.63. The number of carbonyl (C=O) groups excluding carboxylic acids is 1. The molecule has 0 bridgehead atoms. The lowest BCUT2D eigenvalue weighted by molar-refractivity contribution is -0.229. The Kier molecular flexibility index (Phi) is 10.5. The van der Waals surface area contributed by atoms with Crippen molar-refractivity contribution in [3.63, 3.8) is 0 Å². The third-order valence-corrected chi connectivity index (χ3v) is 5.02. The molecular formula is C24H40O5. The highest BCUT2D eigenvalue weighted by Crippen LogP contribution is 2.33. The zero-order valence-electron chi connectivity index (χ0n) is 19.3. The molecular weight excluding hydrogens is 368 g/mol. The van der Waals surface area contributed by atoms with Crippen LogP contribution in [0, 0.1) is 17.3 Å². The van der Waals surface area contributed by atoms with Crippen LogP contribution in [-0.2, 0) is 25.6 Å². The molecule has 0 unspecified atom stereocenters. The summed E-state index contributed by atoms with van der Waals surface area (Å²) in [6, 6.07) is 9.90. The van der Waals surface area contributed by atoms with Crippen LogP contribution < -0.4 is 0 Å². The molecule has 1 aromatic carbocycles. The normalized spacial score (nSPS) is 15.7. The molecule has 5 heteroatoms. The van der Waals surface area contributed by atoms with Crippen molar-refractivity contribution in [1.29, 1.82) is 0 Å². The first-order valence-corrected chi connectivity index (χ1v) is 10.6. The van der Waals surface area contributed by atoms with E-state index in [-0.39, 0.29) is 23.9 Å². The molecule has 1 N–H and O–H groups in total. The number of ether oxygens (including phenoxy) is 3. The van der Waals surface area contributed by atoms with Gasteiger partial charge in [0.15, 0.2) is 6.29 Å². The van der Waals surface area contributed by atoms with Crippen molar-refractivity contribution in [3.05, 3.63) is 35.9 Å². The molecule has 0 fully saturated rings. The molecule has 0 amide bonds. The Morgan fingerprint density at radius 2 is 1.48 bits per heavy atom. The number of hydrogen-bond acceptors (Lipinski definition) is 5. The number of hydrogen-bond donors (Lipinski definition) is 1. The molecule has 3 atom stereocenters. The largest absolute Gasteiger partial charge is 0.392 e. The molecule has 0 saturated heterocycles. The molecule has 0 saturated carbocycles. The summed E-state index contributed by atoms with van der Waals surface area (Å²) in [5.41, 5.74) is 0.193. The average Bonchev–Trinajstić information content (AvgIpc) is 2.65. The molecule has 0 heterocycles. The standard InChI is InChI=1S/C24H40O5/c1-16(2)28-23(29-17(3)4)24(7,8)22(26)19(6)21(25)18(5)14-27-15-20-12-10-9-11-13-20/h9-13,16-19,21,23,25H,14-15H2,1-8H3/t18-,19+,21-/m0/s1. The maximum Gasteiger partial charge on any atom is 0.170 e. The average molecular weight is 409 g/mol. The molecule has 0 aliphatic rings. The Morgan fingerprint density at radius 1 is 0.966 bits per heavy atom. The summed E-state index contributed by atoms with van der Waals surface area (Å²) in [6.45, 7) is 15.9. The zero-order chi connectivity index (χ0) is 22.2. The SMILES string of the molecule is CC(C)OC(OC(C)C)C(C)(C)C(=O)[C@H](C)[C@@H](O)[C@@H](C)COCc1ccccc1. The van der Waals surface area contributed by atoms with E-state index in [9.17, 15) is 9.90 Å². The van der Waals surface area contributed by atoms with Gasteiger partial charge >= 0.3 is 0 Å². The number of aliphatic hydroxyl groups is 1. The molecule has 5 nitrogen and oxygen atoms in total. The van der Waals surface area contributed by atoms with Gasteiger partial charge in [-0.2, -0.15) is 0 Å². The lowest BCUT2D eigenvalue weighted by atomic mass is 9.77. The number of ketones is 1. The van der Waals surface area contributed by atoms with Gasteiger partial charge in [-0.1, -0.05) is 44.2 Å². The summed E-state index contributed by atoms with van der Waals surface area (Å²) in [7, 11) is 0. The topological polar surface area (TPSA) is 65.0 Å². The molecule has 0 aromatic heterocycles. The molecule has 29 heavy (non-hydrogen) atoms. The van der Waals surface area contributed by atoms with Crippen LogP contribution >= 0.6 is 0 Å². The van der Waals surface area contributed by atoms with Crippen LogP contribution in [0.2, 0.25) is 0 Å². The van der Waals surface area contributed by atoms with Crippen molar-refractivity contribution in [2.75, 3.05) is 6.61 Å². The van der Waals surface area contributed by atoms with Gasteiger partial charge in [-0.25, -0.2) is 0 Å². The lowest BCUT2D eigenvalue weighted by Gasteiger charge is -2.38. The van der Waals surface area contributed by atoms with Crippen molar-refractivity contribution in [1.82, 2.24) is 0 Å². The molecule has 0 aliphatic carbocycles. The van der Waals surface area contributed by atoms with Gasteiger partial charge < -0.3 is 19.3 Å². The third-order valence-electron chi connectivity index (χ3n) is 5.02. The highest BCUT2D eigenvalue weighted by Gasteiger charge is 2.44. The van der Waals surface area contributed by atoms with Gasteiger partial charge in [0.1, 0.15) is 5.78 Å². The molecule has 166 valence electrons. The summed E-state index contributed by atoms with van der Waals surface area (Å²) < 4.78 is 17.6. The number of benzene rings is 1. The van der Waals surface area contributed by atoms with Crippen molar-refractivity contribution in [3.8, 4) is 0 Å². The fraction of sp³-hybridized carbons (Fsp3) is 0.708. The number of aliphatic hydroxyl groups excluding tert-OH is 1. The second-order valence-corrected chi connectivity index (χ2v) is 9.04. The fourth-order valence-electron chi connectivity index (χ4n) is 3.25. The monoisotopic (exact) mass is 408 g/mol. The van der Waals surface area contributed by atoms with Gasteiger partial charge in [-0.15, -0.1) is 0 Å². The Bertz CT molecular complexity index is 587. The van der Waals surface area contributed by atoms with Crippen molar-refractivity contribution in [2.24, 2.45) is 17.3 Å². The maximum absolute atomic E-state index is 13.2. The first-order chi connectivity index (χ1) is 13.5. The van der Waals surface area contributed by atoms with Gasteiger partial charge in [0.25, 0.3) is 0 Å². The van der Waals surface area contributed by atoms with Gasteiger partial charge in [0, 0.05) is 11.8 Å². The third kappa shape index (κ3) is 8.17. The van der Waals surface area contributed by atoms with Gasteiger partial charge in [0.05, 0.1) is 36.9 Å². The number of Topliss-reactive ketones (excluding diaryl/α,β-unsaturated/α-hetero) is 1. The molecule has 0 spiro atoms. The molecule has 1 aromatic rings. The van der Waals surface area contributed by atoms with E-state index >= 15 is 0 Å². The van der Waals surface area contributed by atoms with Gasteiger partial charge in [-0.3, -0.25) is 4.79 Å². The van der Waals surface area contributed by atoms with Gasteiger partial charge in [-0.05, 0) is 47.1 Å². The number of carbonyl (C=O) groups is 1. The van der Waals surface area contributed by atoms with E-state index in [4.69, 9.17) is 14.2 Å². The number of rotatable bonds is 13. The molecule has 0 radical (unpaired) electrons. The smallest absolute Gasteiger partial charge is 0.170 e. The van der Waals surface area contributed by atoms with Gasteiger partial charge in [0.2, 0.25) is 0 Å². The van der Waals surface area contributed by atoms with Crippen molar-refractivity contribution >= 4 is 5.78 Å². The Hall–Kier alpha value is -1.27. The van der Waals surface area contributed by atoms with E-state index in [0.29, 0.717) is 13.2 Å². The Morgan fingerprint density at radius 3 is 1.97 bits per heavy atom. The van der Waals surface area contributed by atoms with E-state index in [0.717, 1.165) is 5.56 Å². The van der Waals surface area contributed by atoms with E-state index in [1.807, 2.05) is 78.8 Å². The zero-order valence-corrected chi connectivity index (χ0v) is 19.3. The van der Waals surface area contributed by atoms with Crippen LogP contribution in [0.1, 0.15) is 61.0 Å². The van der Waals surface area contributed by atoms with E-state index in [2.05, 4.69) is 0 Å². The van der Waals surface area contributed by atoms with Crippen LogP contribution in [-0.4, -0.2) is 42.1 Å². The predicted molar refractivity (Wildman–Crippen MR) is 115 cm³/mol. The highest BCUT2D eigenvalue weighted by molar-refractivity contribution is 5.87. The Labute approximate surface area is 176 Å². The second kappa shape index (κ2) is 11.8. The maximum atomic E-state index is 13.2. The second-order valence-electron chi connectivity index (χ2n) is 9.04. The van der Waals surface area contributed by atoms with E-state index in [1.54, 1.807) is 6.92 Å². The predicted octanol–water partition coefficient (Wildman–Crippen LogP) is 4.61. The first kappa shape index (κ1) is 25.8. The van der Waals surface area contributed by atoms with E-state index < -0.39 is 23.7 Å². The Balaban J connectivity index is 2.71. The summed E-state index contributed by atoms with van der Waals surface area (Å²) in [5.74, 6) is -0.815. The van der Waals surface area contributed by atoms with Crippen LogP contribution in [0.4, 0.5) is 0 Å². The lowest BCUT2D eigenvalue weighted by Crippen LogP contribution is -2.48. The first-order valence-electron chi connectivity index (χ1n) is 10.6. The summed E-state index contributed by atoms with van der Waals surface area (Å²) in [5, 5.41) is 10.8. The molecule has 0 aliphatic heterocycles. The van der Waals surface area contributed by atoms with Crippen LogP contribution in [0.5, 0.6) is 0 Å². The quantitative estimate of drug-likeness (QED) is 0.483. The molecule has 1 rings (SSSR count). The van der Waals surface area contributed by atoms with Crippen molar-refractivity contribution < 1.29 is 24.1 Å².